The molecule has 0 fully saturated rings. The molecule has 3 heterocycles. The third-order valence-electron chi connectivity index (χ3n) is 3.36. The van der Waals surface area contributed by atoms with Crippen molar-refractivity contribution in [2.45, 2.75) is 12.8 Å². The van der Waals surface area contributed by atoms with Crippen LogP contribution in [0.5, 0.6) is 0 Å². The molecule has 0 aliphatic rings. The first-order valence-corrected chi connectivity index (χ1v) is 7.56. The maximum absolute atomic E-state index is 14.3. The lowest BCUT2D eigenvalue weighted by Crippen LogP contribution is -2.13. The van der Waals surface area contributed by atoms with Gasteiger partial charge in [0.05, 0.1) is 0 Å². The van der Waals surface area contributed by atoms with Gasteiger partial charge in [-0.3, -0.25) is 14.9 Å². The third-order valence-corrected chi connectivity index (χ3v) is 3.59. The molecule has 3 aromatic rings. The summed E-state index contributed by atoms with van der Waals surface area (Å²) in [4.78, 5) is 19.8. The number of anilines is 1. The minimum Gasteiger partial charge on any atom is -0.307 e. The van der Waals surface area contributed by atoms with E-state index in [1.807, 2.05) is 0 Å². The van der Waals surface area contributed by atoms with Crippen molar-refractivity contribution in [1.82, 2.24) is 20.2 Å². The van der Waals surface area contributed by atoms with Gasteiger partial charge in [0.2, 0.25) is 5.91 Å². The molecule has 0 saturated carbocycles. The van der Waals surface area contributed by atoms with Crippen LogP contribution >= 0.6 is 11.6 Å². The number of nitrogens with zero attached hydrogens (tertiary/aromatic N) is 3. The fourth-order valence-electron chi connectivity index (χ4n) is 2.13. The van der Waals surface area contributed by atoms with Gasteiger partial charge in [-0.05, 0) is 30.2 Å². The van der Waals surface area contributed by atoms with Crippen LogP contribution in [0.2, 0.25) is 5.15 Å². The maximum Gasteiger partial charge on any atom is 0.225 e. The predicted molar refractivity (Wildman–Crippen MR) is 88.0 cm³/mol. The first kappa shape index (κ1) is 16.1. The van der Waals surface area contributed by atoms with E-state index in [2.05, 4.69) is 25.5 Å². The Balaban J connectivity index is 1.63. The summed E-state index contributed by atoms with van der Waals surface area (Å²) in [6.45, 7) is 0. The van der Waals surface area contributed by atoms with Crippen LogP contribution in [-0.4, -0.2) is 26.1 Å². The van der Waals surface area contributed by atoms with Crippen LogP contribution < -0.4 is 5.32 Å². The summed E-state index contributed by atoms with van der Waals surface area (Å²) >= 11 is 5.70. The van der Waals surface area contributed by atoms with Crippen LogP contribution in [0.3, 0.4) is 0 Å². The Labute approximate surface area is 142 Å². The molecule has 3 aromatic heterocycles. The van der Waals surface area contributed by atoms with Crippen LogP contribution in [-0.2, 0) is 11.2 Å². The standard InChI is InChI=1S/C16H13ClFN5O/c17-12-3-1-10(9-20-12)2-4-13(24)21-16-14(18)15(22-23-16)11-5-7-19-8-6-11/h1,3,5-9H,2,4H2,(H2,21,22,23,24). The predicted octanol–water partition coefficient (Wildman–Crippen LogP) is 3.23. The number of H-pyrrole nitrogens is 1. The fraction of sp³-hybridized carbons (Fsp3) is 0.125. The Morgan fingerprint density at radius 3 is 2.75 bits per heavy atom. The molecule has 3 rings (SSSR count). The lowest BCUT2D eigenvalue weighted by atomic mass is 10.1. The first-order chi connectivity index (χ1) is 11.6. The van der Waals surface area contributed by atoms with Crippen molar-refractivity contribution in [3.63, 3.8) is 0 Å². The summed E-state index contributed by atoms with van der Waals surface area (Å²) in [7, 11) is 0. The third kappa shape index (κ3) is 3.75. The van der Waals surface area contributed by atoms with E-state index in [1.54, 1.807) is 42.9 Å². The van der Waals surface area contributed by atoms with Crippen LogP contribution in [0.4, 0.5) is 10.2 Å². The van der Waals surface area contributed by atoms with Crippen LogP contribution in [0.25, 0.3) is 11.3 Å². The molecular weight excluding hydrogens is 333 g/mol. The number of nitrogens with one attached hydrogen (secondary N) is 2. The number of carbonyl (C=O) groups excluding carboxylic acids is 1. The van der Waals surface area contributed by atoms with Gasteiger partial charge >= 0.3 is 0 Å². The lowest BCUT2D eigenvalue weighted by Gasteiger charge is -2.03. The highest BCUT2D eigenvalue weighted by molar-refractivity contribution is 6.29. The molecule has 122 valence electrons. The summed E-state index contributed by atoms with van der Waals surface area (Å²) in [6, 6.07) is 6.74. The normalized spacial score (nSPS) is 10.6. The van der Waals surface area contributed by atoms with Crippen molar-refractivity contribution < 1.29 is 9.18 Å². The van der Waals surface area contributed by atoms with Gasteiger partial charge < -0.3 is 5.32 Å². The van der Waals surface area contributed by atoms with Gasteiger partial charge in [0.25, 0.3) is 0 Å². The smallest absolute Gasteiger partial charge is 0.225 e. The molecule has 1 amide bonds. The average molecular weight is 346 g/mol. The van der Waals surface area contributed by atoms with Crippen molar-refractivity contribution in [3.8, 4) is 11.3 Å². The summed E-state index contributed by atoms with van der Waals surface area (Å²) in [6.07, 6.45) is 5.35. The average Bonchev–Trinajstić information content (AvgIpc) is 2.96. The number of aromatic nitrogens is 4. The van der Waals surface area contributed by atoms with Crippen LogP contribution in [0.15, 0.2) is 42.9 Å². The van der Waals surface area contributed by atoms with Crippen molar-refractivity contribution in [1.29, 1.82) is 0 Å². The van der Waals surface area contributed by atoms with E-state index in [0.717, 1.165) is 5.56 Å². The SMILES string of the molecule is O=C(CCc1ccc(Cl)nc1)Nc1n[nH]c(-c2ccncc2)c1F. The van der Waals surface area contributed by atoms with Gasteiger partial charge in [-0.25, -0.2) is 9.37 Å². The highest BCUT2D eigenvalue weighted by atomic mass is 35.5. The fourth-order valence-corrected chi connectivity index (χ4v) is 2.24. The second-order valence-corrected chi connectivity index (χ2v) is 5.42. The molecule has 0 radical (unpaired) electrons. The molecule has 0 unspecified atom stereocenters. The van der Waals surface area contributed by atoms with Gasteiger partial charge in [-0.1, -0.05) is 17.7 Å². The van der Waals surface area contributed by atoms with Gasteiger partial charge in [0.15, 0.2) is 11.6 Å². The van der Waals surface area contributed by atoms with E-state index in [0.29, 0.717) is 17.1 Å². The summed E-state index contributed by atoms with van der Waals surface area (Å²) in [5, 5.41) is 9.26. The summed E-state index contributed by atoms with van der Waals surface area (Å²) < 4.78 is 14.3. The van der Waals surface area contributed by atoms with Crippen molar-refractivity contribution in [3.05, 3.63) is 59.4 Å². The number of hydrogen-bond acceptors (Lipinski definition) is 4. The Bertz CT molecular complexity index is 835. The lowest BCUT2D eigenvalue weighted by molar-refractivity contribution is -0.116. The second-order valence-electron chi connectivity index (χ2n) is 5.03. The molecular formula is C16H13ClFN5O. The molecule has 0 saturated heterocycles. The van der Waals surface area contributed by atoms with E-state index in [1.165, 1.54) is 0 Å². The molecule has 2 N–H and O–H groups in total. The largest absolute Gasteiger partial charge is 0.307 e. The molecule has 0 bridgehead atoms. The second kappa shape index (κ2) is 7.18. The highest BCUT2D eigenvalue weighted by Gasteiger charge is 2.16. The van der Waals surface area contributed by atoms with E-state index < -0.39 is 5.82 Å². The number of carbonyl (C=O) groups is 1. The summed E-state index contributed by atoms with van der Waals surface area (Å²) in [5.41, 5.74) is 1.67. The molecule has 0 aromatic carbocycles. The molecule has 6 nitrogen and oxygen atoms in total. The Morgan fingerprint density at radius 1 is 1.25 bits per heavy atom. The summed E-state index contributed by atoms with van der Waals surface area (Å²) in [5.74, 6) is -1.07. The van der Waals surface area contributed by atoms with Gasteiger partial charge in [-0.15, -0.1) is 0 Å². The minimum atomic E-state index is -0.609. The Hall–Kier alpha value is -2.80. The van der Waals surface area contributed by atoms with E-state index in [-0.39, 0.29) is 23.8 Å². The highest BCUT2D eigenvalue weighted by Crippen LogP contribution is 2.24. The maximum atomic E-state index is 14.3. The number of amides is 1. The van der Waals surface area contributed by atoms with Gasteiger partial charge in [0, 0.05) is 30.6 Å². The monoisotopic (exact) mass is 345 g/mol. The van der Waals surface area contributed by atoms with Crippen molar-refractivity contribution in [2.24, 2.45) is 0 Å². The quantitative estimate of drug-likeness (QED) is 0.695. The number of halogens is 2. The van der Waals surface area contributed by atoms with Gasteiger partial charge in [-0.2, -0.15) is 5.10 Å². The topological polar surface area (TPSA) is 83.6 Å². The molecule has 8 heteroatoms. The van der Waals surface area contributed by atoms with E-state index in [4.69, 9.17) is 11.6 Å². The molecule has 0 spiro atoms. The van der Waals surface area contributed by atoms with Crippen LogP contribution in [0.1, 0.15) is 12.0 Å². The van der Waals surface area contributed by atoms with Crippen molar-refractivity contribution in [2.75, 3.05) is 5.32 Å². The number of hydrogen-bond donors (Lipinski definition) is 2. The number of aromatic amines is 1. The van der Waals surface area contributed by atoms with Gasteiger partial charge in [0.1, 0.15) is 10.8 Å². The first-order valence-electron chi connectivity index (χ1n) is 7.18. The zero-order valence-electron chi connectivity index (χ0n) is 12.5. The number of rotatable bonds is 5. The molecule has 0 aliphatic carbocycles. The zero-order valence-corrected chi connectivity index (χ0v) is 13.2. The minimum absolute atomic E-state index is 0.124. The van der Waals surface area contributed by atoms with Crippen LogP contribution in [0, 0.1) is 5.82 Å². The Morgan fingerprint density at radius 2 is 2.04 bits per heavy atom. The molecule has 24 heavy (non-hydrogen) atoms. The molecule has 0 aliphatic heterocycles. The van der Waals surface area contributed by atoms with E-state index in [9.17, 15) is 9.18 Å². The van der Waals surface area contributed by atoms with E-state index >= 15 is 0 Å². The molecule has 0 atom stereocenters. The number of aryl methyl sites for hydroxylation is 1. The number of pyridine rings is 2. The van der Waals surface area contributed by atoms with Crippen molar-refractivity contribution >= 4 is 23.3 Å². The zero-order chi connectivity index (χ0) is 16.9. The Kier molecular flexibility index (Phi) is 4.81.